The number of carbonyl (C=O) groups excluding carboxylic acids is 1. The highest BCUT2D eigenvalue weighted by Gasteiger charge is 2.17. The highest BCUT2D eigenvalue weighted by molar-refractivity contribution is 5.76. The molecule has 0 aliphatic heterocycles. The predicted molar refractivity (Wildman–Crippen MR) is 156 cm³/mol. The maximum atomic E-state index is 12.2. The fraction of sp³-hybridized carbons (Fsp3) is 0.844. The van der Waals surface area contributed by atoms with Gasteiger partial charge >= 0.3 is 0 Å². The summed E-state index contributed by atoms with van der Waals surface area (Å²) < 4.78 is 0. The van der Waals surface area contributed by atoms with Crippen molar-refractivity contribution in [2.75, 3.05) is 6.61 Å². The molecule has 0 spiro atoms. The third-order valence-electron chi connectivity index (χ3n) is 6.93. The van der Waals surface area contributed by atoms with Crippen LogP contribution in [0.1, 0.15) is 155 Å². The Bertz CT molecular complexity index is 518. The van der Waals surface area contributed by atoms with Crippen molar-refractivity contribution in [3.8, 4) is 0 Å². The van der Waals surface area contributed by atoms with Gasteiger partial charge in [-0.05, 0) is 44.9 Å². The molecule has 0 aromatic carbocycles. The second-order valence-corrected chi connectivity index (χ2v) is 10.5. The number of hydrogen-bond donors (Lipinski definition) is 3. The van der Waals surface area contributed by atoms with Crippen molar-refractivity contribution < 1.29 is 15.0 Å². The highest BCUT2D eigenvalue weighted by Crippen LogP contribution is 2.12. The van der Waals surface area contributed by atoms with Crippen LogP contribution in [0, 0.1) is 0 Å². The van der Waals surface area contributed by atoms with Crippen molar-refractivity contribution in [3.05, 3.63) is 24.3 Å². The van der Waals surface area contributed by atoms with Gasteiger partial charge in [-0.1, -0.05) is 128 Å². The first-order valence-corrected chi connectivity index (χ1v) is 15.6. The molecule has 0 heterocycles. The summed E-state index contributed by atoms with van der Waals surface area (Å²) in [5, 5.41) is 22.6. The first kappa shape index (κ1) is 34.9. The van der Waals surface area contributed by atoms with E-state index >= 15 is 0 Å². The van der Waals surface area contributed by atoms with Gasteiger partial charge in [-0.25, -0.2) is 0 Å². The first-order valence-electron chi connectivity index (χ1n) is 15.6. The summed E-state index contributed by atoms with van der Waals surface area (Å²) in [5.74, 6) is -0.0752. The molecule has 4 heteroatoms. The topological polar surface area (TPSA) is 69.6 Å². The minimum atomic E-state index is -0.833. The Morgan fingerprint density at radius 1 is 0.639 bits per heavy atom. The summed E-state index contributed by atoms with van der Waals surface area (Å²) in [6.45, 7) is 4.23. The monoisotopic (exact) mass is 507 g/mol. The van der Waals surface area contributed by atoms with E-state index in [4.69, 9.17) is 0 Å². The molecule has 2 unspecified atom stereocenters. The Morgan fingerprint density at radius 2 is 1.06 bits per heavy atom. The molecule has 0 saturated heterocycles. The smallest absolute Gasteiger partial charge is 0.220 e. The molecular formula is C32H61NO3. The largest absolute Gasteiger partial charge is 0.394 e. The number of rotatable bonds is 27. The summed E-state index contributed by atoms with van der Waals surface area (Å²) in [6, 6.07) is -0.617. The van der Waals surface area contributed by atoms with Crippen LogP contribution in [0.25, 0.3) is 0 Å². The molecule has 0 saturated carbocycles. The number of amides is 1. The van der Waals surface area contributed by atoms with E-state index in [1.807, 2.05) is 6.08 Å². The normalized spacial score (nSPS) is 13.6. The van der Waals surface area contributed by atoms with Crippen molar-refractivity contribution >= 4 is 5.91 Å². The van der Waals surface area contributed by atoms with Gasteiger partial charge in [0, 0.05) is 6.42 Å². The van der Waals surface area contributed by atoms with Crippen LogP contribution >= 0.6 is 0 Å². The van der Waals surface area contributed by atoms with Gasteiger partial charge in [0.25, 0.3) is 0 Å². The van der Waals surface area contributed by atoms with Crippen LogP contribution < -0.4 is 5.32 Å². The Morgan fingerprint density at radius 3 is 1.53 bits per heavy atom. The lowest BCUT2D eigenvalue weighted by Crippen LogP contribution is -2.45. The Balaban J connectivity index is 3.61. The summed E-state index contributed by atoms with van der Waals surface area (Å²) in [7, 11) is 0. The molecule has 36 heavy (non-hydrogen) atoms. The number of unbranched alkanes of at least 4 members (excludes halogenated alkanes) is 18. The Labute approximate surface area is 224 Å². The summed E-state index contributed by atoms with van der Waals surface area (Å²) >= 11 is 0. The van der Waals surface area contributed by atoms with Crippen LogP contribution in [0.4, 0.5) is 0 Å². The molecule has 0 aromatic heterocycles. The molecular weight excluding hydrogens is 446 g/mol. The van der Waals surface area contributed by atoms with E-state index in [0.29, 0.717) is 6.42 Å². The molecule has 0 aliphatic rings. The predicted octanol–water partition coefficient (Wildman–Crippen LogP) is 8.56. The van der Waals surface area contributed by atoms with Crippen molar-refractivity contribution in [2.24, 2.45) is 0 Å². The minimum absolute atomic E-state index is 0.0752. The van der Waals surface area contributed by atoms with Crippen molar-refractivity contribution in [3.63, 3.8) is 0 Å². The van der Waals surface area contributed by atoms with Crippen molar-refractivity contribution in [1.82, 2.24) is 5.32 Å². The summed E-state index contributed by atoms with van der Waals surface area (Å²) in [6.07, 6.45) is 34.0. The third-order valence-corrected chi connectivity index (χ3v) is 6.93. The van der Waals surface area contributed by atoms with Gasteiger partial charge in [-0.15, -0.1) is 0 Å². The van der Waals surface area contributed by atoms with Crippen molar-refractivity contribution in [1.29, 1.82) is 0 Å². The molecule has 3 N–H and O–H groups in total. The zero-order valence-corrected chi connectivity index (χ0v) is 24.0. The zero-order chi connectivity index (χ0) is 26.5. The lowest BCUT2D eigenvalue weighted by Gasteiger charge is -2.20. The van der Waals surface area contributed by atoms with Gasteiger partial charge in [-0.2, -0.15) is 0 Å². The maximum Gasteiger partial charge on any atom is 0.220 e. The van der Waals surface area contributed by atoms with Crippen LogP contribution in [-0.2, 0) is 4.79 Å². The van der Waals surface area contributed by atoms with E-state index in [2.05, 4.69) is 31.3 Å². The van der Waals surface area contributed by atoms with Crippen LogP contribution in [0.2, 0.25) is 0 Å². The lowest BCUT2D eigenvalue weighted by atomic mass is 10.1. The van der Waals surface area contributed by atoms with Crippen LogP contribution in [0.5, 0.6) is 0 Å². The fourth-order valence-corrected chi connectivity index (χ4v) is 4.46. The van der Waals surface area contributed by atoms with Crippen molar-refractivity contribution in [2.45, 2.75) is 167 Å². The molecule has 1 amide bonds. The van der Waals surface area contributed by atoms with E-state index in [1.54, 1.807) is 6.08 Å². The van der Waals surface area contributed by atoms with Crippen LogP contribution in [-0.4, -0.2) is 34.9 Å². The summed E-state index contributed by atoms with van der Waals surface area (Å²) in [4.78, 5) is 12.2. The number of aliphatic hydroxyl groups is 2. The quantitative estimate of drug-likeness (QED) is 0.0770. The molecule has 2 atom stereocenters. The molecule has 0 radical (unpaired) electrons. The van der Waals surface area contributed by atoms with E-state index in [1.165, 1.54) is 109 Å². The van der Waals surface area contributed by atoms with E-state index in [-0.39, 0.29) is 12.5 Å². The van der Waals surface area contributed by atoms with Crippen LogP contribution in [0.15, 0.2) is 24.3 Å². The second-order valence-electron chi connectivity index (χ2n) is 10.5. The number of carbonyl (C=O) groups is 1. The Hall–Kier alpha value is -1.13. The van der Waals surface area contributed by atoms with Gasteiger partial charge in [0.2, 0.25) is 5.91 Å². The van der Waals surface area contributed by atoms with Gasteiger partial charge in [-0.3, -0.25) is 4.79 Å². The first-order chi connectivity index (χ1) is 17.7. The van der Waals surface area contributed by atoms with Crippen LogP contribution in [0.3, 0.4) is 0 Å². The van der Waals surface area contributed by atoms with Gasteiger partial charge in [0.05, 0.1) is 18.8 Å². The molecule has 0 aliphatic carbocycles. The fourth-order valence-electron chi connectivity index (χ4n) is 4.46. The molecule has 0 fully saturated rings. The Kier molecular flexibility index (Phi) is 27.5. The third kappa shape index (κ3) is 24.6. The molecule has 0 rings (SSSR count). The SMILES string of the molecule is CCCCCCC/C=C/C(O)C(CO)NC(=O)CCCCCCCCC/C=C\CCCCCCCC. The maximum absolute atomic E-state index is 12.2. The van der Waals surface area contributed by atoms with E-state index in [0.717, 1.165) is 25.7 Å². The number of hydrogen-bond acceptors (Lipinski definition) is 3. The molecule has 0 bridgehead atoms. The summed E-state index contributed by atoms with van der Waals surface area (Å²) in [5.41, 5.74) is 0. The average Bonchev–Trinajstić information content (AvgIpc) is 2.88. The lowest BCUT2D eigenvalue weighted by molar-refractivity contribution is -0.123. The highest BCUT2D eigenvalue weighted by atomic mass is 16.3. The van der Waals surface area contributed by atoms with E-state index < -0.39 is 12.1 Å². The zero-order valence-electron chi connectivity index (χ0n) is 24.0. The van der Waals surface area contributed by atoms with Gasteiger partial charge in [0.15, 0.2) is 0 Å². The average molecular weight is 508 g/mol. The molecule has 0 aromatic rings. The second kappa shape index (κ2) is 28.4. The molecule has 212 valence electrons. The number of aliphatic hydroxyl groups excluding tert-OH is 2. The number of allylic oxidation sites excluding steroid dienone is 3. The molecule has 4 nitrogen and oxygen atoms in total. The van der Waals surface area contributed by atoms with Gasteiger partial charge < -0.3 is 15.5 Å². The minimum Gasteiger partial charge on any atom is -0.394 e. The number of nitrogens with one attached hydrogen (secondary N) is 1. The van der Waals surface area contributed by atoms with Gasteiger partial charge in [0.1, 0.15) is 0 Å². The van der Waals surface area contributed by atoms with E-state index in [9.17, 15) is 15.0 Å². The standard InChI is InChI=1S/C32H61NO3/c1-3-5-7-9-11-12-13-14-15-16-17-18-19-20-22-24-26-28-32(36)33-30(29-34)31(35)27-25-23-21-10-8-6-4-2/h14-15,25,27,30-31,34-35H,3-13,16-24,26,28-29H2,1-2H3,(H,33,36)/b15-14-,27-25+.